The number of aliphatic hydroxyl groups is 1. The molecule has 180 valence electrons. The molecule has 3 aromatic rings. The lowest BCUT2D eigenvalue weighted by molar-refractivity contribution is -0.141. The quantitative estimate of drug-likeness (QED) is 0.512. The van der Waals surface area contributed by atoms with Gasteiger partial charge in [0.1, 0.15) is 5.69 Å². The van der Waals surface area contributed by atoms with Gasteiger partial charge in [0.15, 0.2) is 0 Å². The summed E-state index contributed by atoms with van der Waals surface area (Å²) < 4.78 is 83.3. The molecule has 0 spiro atoms. The van der Waals surface area contributed by atoms with Crippen LogP contribution in [0.4, 0.5) is 43.9 Å². The number of hydrogen-bond acceptors (Lipinski definition) is 8. The molecule has 2 aromatic heterocycles. The fourth-order valence-corrected chi connectivity index (χ4v) is 3.14. The van der Waals surface area contributed by atoms with Crippen molar-refractivity contribution in [2.45, 2.75) is 24.9 Å². The fraction of sp³-hybridized carbons (Fsp3) is 0.300. The number of rotatable bonds is 5. The Hall–Kier alpha value is -3.68. The van der Waals surface area contributed by atoms with E-state index in [4.69, 9.17) is 4.74 Å². The van der Waals surface area contributed by atoms with Crippen LogP contribution in [0, 0.1) is 0 Å². The minimum Gasteiger partial charge on any atom is -0.405 e. The normalized spacial score (nSPS) is 16.6. The van der Waals surface area contributed by atoms with E-state index in [0.29, 0.717) is 13.0 Å². The summed E-state index contributed by atoms with van der Waals surface area (Å²) in [5, 5.41) is 12.4. The third-order valence-corrected chi connectivity index (χ3v) is 4.71. The Balaban J connectivity index is 1.66. The molecule has 0 radical (unpaired) electrons. The number of pyridine rings is 1. The highest BCUT2D eigenvalue weighted by atomic mass is 19.4. The third kappa shape index (κ3) is 5.62. The SMILES string of the molecule is O[C@H]1CCN(c2nc(Nc3cccc(C(F)(F)F)c3)nc(Oc3cccc(C(F)(F)F)n3)n2)C1. The van der Waals surface area contributed by atoms with Gasteiger partial charge in [0.05, 0.1) is 11.7 Å². The average molecular weight is 486 g/mol. The molecule has 0 saturated carbocycles. The lowest BCUT2D eigenvalue weighted by atomic mass is 10.2. The van der Waals surface area contributed by atoms with E-state index in [1.165, 1.54) is 12.1 Å². The van der Waals surface area contributed by atoms with Crippen LogP contribution in [0.2, 0.25) is 0 Å². The molecular formula is C20H16F6N6O2. The molecule has 8 nitrogen and oxygen atoms in total. The van der Waals surface area contributed by atoms with Crippen LogP contribution < -0.4 is 15.0 Å². The van der Waals surface area contributed by atoms with Gasteiger partial charge in [-0.25, -0.2) is 4.98 Å². The second-order valence-corrected chi connectivity index (χ2v) is 7.29. The molecular weight excluding hydrogens is 470 g/mol. The summed E-state index contributed by atoms with van der Waals surface area (Å²) in [5.41, 5.74) is -2.08. The summed E-state index contributed by atoms with van der Waals surface area (Å²) in [4.78, 5) is 17.1. The standard InChI is InChI=1S/C20H16F6N6O2/c21-19(22,23)11-3-1-4-12(9-11)27-16-29-17(32-8-7-13(33)10-32)31-18(30-16)34-15-6-2-5-14(28-15)20(24,25)26/h1-6,9,13,33H,7-8,10H2,(H,27,29,30,31)/t13-/m0/s1. The number of ether oxygens (including phenoxy) is 1. The smallest absolute Gasteiger partial charge is 0.405 e. The molecule has 4 rings (SSSR count). The topological polar surface area (TPSA) is 96.3 Å². The monoisotopic (exact) mass is 486 g/mol. The third-order valence-electron chi connectivity index (χ3n) is 4.71. The van der Waals surface area contributed by atoms with Crippen LogP contribution in [0.25, 0.3) is 0 Å². The van der Waals surface area contributed by atoms with Crippen LogP contribution in [-0.2, 0) is 12.4 Å². The molecule has 2 N–H and O–H groups in total. The average Bonchev–Trinajstić information content (AvgIpc) is 3.19. The van der Waals surface area contributed by atoms with Crippen LogP contribution in [0.5, 0.6) is 11.9 Å². The molecule has 0 unspecified atom stereocenters. The lowest BCUT2D eigenvalue weighted by Gasteiger charge is -2.17. The van der Waals surface area contributed by atoms with Crippen molar-refractivity contribution >= 4 is 17.6 Å². The van der Waals surface area contributed by atoms with E-state index in [1.54, 1.807) is 4.90 Å². The van der Waals surface area contributed by atoms with E-state index in [2.05, 4.69) is 25.3 Å². The summed E-state index contributed by atoms with van der Waals surface area (Å²) >= 11 is 0. The van der Waals surface area contributed by atoms with Crippen LogP contribution in [0.1, 0.15) is 17.7 Å². The van der Waals surface area contributed by atoms with Crippen LogP contribution in [0.3, 0.4) is 0 Å². The predicted molar refractivity (Wildman–Crippen MR) is 107 cm³/mol. The van der Waals surface area contributed by atoms with Crippen molar-refractivity contribution in [1.82, 2.24) is 19.9 Å². The highest BCUT2D eigenvalue weighted by Crippen LogP contribution is 2.32. The first-order valence-corrected chi connectivity index (χ1v) is 9.83. The number of anilines is 3. The van der Waals surface area contributed by atoms with Crippen molar-refractivity contribution in [1.29, 1.82) is 0 Å². The van der Waals surface area contributed by atoms with E-state index >= 15 is 0 Å². The number of aliphatic hydroxyl groups excluding tert-OH is 1. The van der Waals surface area contributed by atoms with Gasteiger partial charge in [0, 0.05) is 24.8 Å². The molecule has 34 heavy (non-hydrogen) atoms. The van der Waals surface area contributed by atoms with Crippen molar-refractivity contribution in [3.05, 3.63) is 53.7 Å². The van der Waals surface area contributed by atoms with Gasteiger partial charge in [-0.2, -0.15) is 41.3 Å². The van der Waals surface area contributed by atoms with Gasteiger partial charge < -0.3 is 20.1 Å². The van der Waals surface area contributed by atoms with Gasteiger partial charge >= 0.3 is 18.4 Å². The molecule has 1 aromatic carbocycles. The number of aromatic nitrogens is 4. The van der Waals surface area contributed by atoms with Crippen LogP contribution >= 0.6 is 0 Å². The Bertz CT molecular complexity index is 1100. The fourth-order valence-electron chi connectivity index (χ4n) is 3.14. The summed E-state index contributed by atoms with van der Waals surface area (Å²) in [6.07, 6.45) is -9.50. The van der Waals surface area contributed by atoms with Crippen LogP contribution in [-0.4, -0.2) is 44.2 Å². The molecule has 3 heterocycles. The summed E-state index contributed by atoms with van der Waals surface area (Å²) in [7, 11) is 0. The van der Waals surface area contributed by atoms with Crippen LogP contribution in [0.15, 0.2) is 42.5 Å². The largest absolute Gasteiger partial charge is 0.433 e. The minimum atomic E-state index is -4.70. The van der Waals surface area contributed by atoms with Crippen molar-refractivity contribution in [2.24, 2.45) is 0 Å². The Morgan fingerprint density at radius 1 is 0.941 bits per heavy atom. The zero-order chi connectivity index (χ0) is 24.5. The molecule has 0 bridgehead atoms. The van der Waals surface area contributed by atoms with Gasteiger partial charge in [-0.3, -0.25) is 0 Å². The number of nitrogens with zero attached hydrogens (tertiary/aromatic N) is 5. The zero-order valence-corrected chi connectivity index (χ0v) is 17.1. The maximum absolute atomic E-state index is 13.0. The number of halogens is 6. The van der Waals surface area contributed by atoms with E-state index in [1.807, 2.05) is 0 Å². The van der Waals surface area contributed by atoms with Crippen molar-refractivity contribution in [2.75, 3.05) is 23.3 Å². The molecule has 0 aliphatic carbocycles. The van der Waals surface area contributed by atoms with Gasteiger partial charge in [-0.05, 0) is 30.7 Å². The maximum atomic E-state index is 13.0. The number of benzene rings is 1. The number of hydrogen-bond donors (Lipinski definition) is 2. The Labute approximate surface area is 188 Å². The maximum Gasteiger partial charge on any atom is 0.433 e. The summed E-state index contributed by atoms with van der Waals surface area (Å²) in [5.74, 6) is -0.644. The number of alkyl halides is 6. The summed E-state index contributed by atoms with van der Waals surface area (Å²) in [6.45, 7) is 0.545. The molecule has 1 aliphatic rings. The highest BCUT2D eigenvalue weighted by molar-refractivity contribution is 5.56. The molecule has 0 amide bonds. The molecule has 1 fully saturated rings. The first kappa shape index (κ1) is 23.5. The van der Waals surface area contributed by atoms with Crippen molar-refractivity contribution in [3.8, 4) is 11.9 Å². The zero-order valence-electron chi connectivity index (χ0n) is 17.1. The Morgan fingerprint density at radius 2 is 1.71 bits per heavy atom. The molecule has 1 saturated heterocycles. The van der Waals surface area contributed by atoms with Crippen molar-refractivity contribution in [3.63, 3.8) is 0 Å². The Kier molecular flexibility index (Phi) is 6.17. The van der Waals surface area contributed by atoms with Gasteiger partial charge in [-0.1, -0.05) is 12.1 Å². The second kappa shape index (κ2) is 8.93. The van der Waals surface area contributed by atoms with E-state index < -0.39 is 41.6 Å². The van der Waals surface area contributed by atoms with Crippen molar-refractivity contribution < 1.29 is 36.2 Å². The Morgan fingerprint density at radius 3 is 2.38 bits per heavy atom. The minimum absolute atomic E-state index is 0.0107. The van der Waals surface area contributed by atoms with Gasteiger partial charge in [0.25, 0.3) is 0 Å². The van der Waals surface area contributed by atoms with E-state index in [9.17, 15) is 31.4 Å². The summed E-state index contributed by atoms with van der Waals surface area (Å²) in [6, 6.07) is 6.86. The lowest BCUT2D eigenvalue weighted by Crippen LogP contribution is -2.24. The van der Waals surface area contributed by atoms with Gasteiger partial charge in [-0.15, -0.1) is 0 Å². The molecule has 1 atom stereocenters. The van der Waals surface area contributed by atoms with E-state index in [-0.39, 0.29) is 24.1 Å². The highest BCUT2D eigenvalue weighted by Gasteiger charge is 2.33. The number of nitrogens with one attached hydrogen (secondary N) is 1. The predicted octanol–water partition coefficient (Wildman–Crippen LogP) is 4.41. The first-order valence-electron chi connectivity index (χ1n) is 9.83. The molecule has 1 aliphatic heterocycles. The molecule has 14 heteroatoms. The van der Waals surface area contributed by atoms with Gasteiger partial charge in [0.2, 0.25) is 17.8 Å². The number of β-amino-alcohol motifs (C(OH)–C–C–N with tert-alkyl or cyclic N) is 1. The van der Waals surface area contributed by atoms with E-state index in [0.717, 1.165) is 30.3 Å². The first-order chi connectivity index (χ1) is 16.0. The second-order valence-electron chi connectivity index (χ2n) is 7.29.